The van der Waals surface area contributed by atoms with Crippen molar-refractivity contribution >= 4 is 23.7 Å². The maximum absolute atomic E-state index is 11.8. The molecule has 0 bridgehead atoms. The largest absolute Gasteiger partial charge is 0.351 e. The summed E-state index contributed by atoms with van der Waals surface area (Å²) >= 11 is 1.72. The lowest BCUT2D eigenvalue weighted by Gasteiger charge is -2.29. The molecule has 0 aromatic heterocycles. The summed E-state index contributed by atoms with van der Waals surface area (Å²) in [7, 11) is 0. The van der Waals surface area contributed by atoms with Crippen molar-refractivity contribution < 1.29 is 4.79 Å². The van der Waals surface area contributed by atoms with E-state index in [-0.39, 0.29) is 5.91 Å². The minimum Gasteiger partial charge on any atom is -0.351 e. The van der Waals surface area contributed by atoms with Crippen LogP contribution in [0.15, 0.2) is 35.2 Å². The second kappa shape index (κ2) is 9.01. The average molecular weight is 318 g/mol. The van der Waals surface area contributed by atoms with Crippen LogP contribution in [0.25, 0.3) is 6.08 Å². The van der Waals surface area contributed by atoms with Crippen LogP contribution in [0.5, 0.6) is 0 Å². The topological polar surface area (TPSA) is 32.3 Å². The molecular formula is C18H26N2OS. The summed E-state index contributed by atoms with van der Waals surface area (Å²) in [4.78, 5) is 15.5. The highest BCUT2D eigenvalue weighted by Gasteiger charge is 2.14. The number of carbonyl (C=O) groups is 1. The third kappa shape index (κ3) is 5.85. The molecular weight excluding hydrogens is 292 g/mol. The lowest BCUT2D eigenvalue weighted by Crippen LogP contribution is -2.38. The van der Waals surface area contributed by atoms with Gasteiger partial charge in [-0.15, -0.1) is 11.8 Å². The lowest BCUT2D eigenvalue weighted by atomic mass is 9.99. The molecule has 0 atom stereocenters. The van der Waals surface area contributed by atoms with E-state index in [1.165, 1.54) is 17.7 Å². The first-order valence-corrected chi connectivity index (χ1v) is 9.22. The molecule has 4 heteroatoms. The van der Waals surface area contributed by atoms with Gasteiger partial charge >= 0.3 is 0 Å². The normalized spacial score (nSPS) is 17.0. The average Bonchev–Trinajstić information content (AvgIpc) is 2.55. The summed E-state index contributed by atoms with van der Waals surface area (Å²) in [5.74, 6) is 0.839. The fourth-order valence-corrected chi connectivity index (χ4v) is 2.98. The molecule has 1 aromatic rings. The number of nitrogens with one attached hydrogen (secondary N) is 1. The molecule has 1 fully saturated rings. The molecule has 0 spiro atoms. The van der Waals surface area contributed by atoms with E-state index in [9.17, 15) is 4.79 Å². The van der Waals surface area contributed by atoms with Crippen LogP contribution in [0.3, 0.4) is 0 Å². The molecule has 1 aliphatic heterocycles. The van der Waals surface area contributed by atoms with Gasteiger partial charge < -0.3 is 10.2 Å². The molecule has 1 heterocycles. The Bertz CT molecular complexity index is 490. The smallest absolute Gasteiger partial charge is 0.244 e. The Labute approximate surface area is 138 Å². The SMILES string of the molecule is CSc1ccc(/C=C/C(=O)NCCN2CCC(C)CC2)cc1. The first-order chi connectivity index (χ1) is 10.7. The molecule has 3 nitrogen and oxygen atoms in total. The molecule has 1 amide bonds. The van der Waals surface area contributed by atoms with Gasteiger partial charge in [0.2, 0.25) is 5.91 Å². The fraction of sp³-hybridized carbons (Fsp3) is 0.500. The highest BCUT2D eigenvalue weighted by molar-refractivity contribution is 7.98. The molecule has 0 saturated carbocycles. The third-order valence-corrected chi connectivity index (χ3v) is 4.89. The van der Waals surface area contributed by atoms with E-state index < -0.39 is 0 Å². The van der Waals surface area contributed by atoms with Gasteiger partial charge in [-0.25, -0.2) is 0 Å². The van der Waals surface area contributed by atoms with Crippen molar-refractivity contribution in [3.8, 4) is 0 Å². The highest BCUT2D eigenvalue weighted by atomic mass is 32.2. The molecule has 1 N–H and O–H groups in total. The van der Waals surface area contributed by atoms with E-state index in [2.05, 4.69) is 35.5 Å². The van der Waals surface area contributed by atoms with Gasteiger partial charge in [0.1, 0.15) is 0 Å². The molecule has 22 heavy (non-hydrogen) atoms. The first kappa shape index (κ1) is 17.1. The summed E-state index contributed by atoms with van der Waals surface area (Å²) < 4.78 is 0. The second-order valence-electron chi connectivity index (χ2n) is 5.92. The summed E-state index contributed by atoms with van der Waals surface area (Å²) in [6.45, 7) is 6.32. The third-order valence-electron chi connectivity index (χ3n) is 4.15. The summed E-state index contributed by atoms with van der Waals surface area (Å²) in [6, 6.07) is 8.20. The highest BCUT2D eigenvalue weighted by Crippen LogP contribution is 2.16. The zero-order valence-corrected chi connectivity index (χ0v) is 14.4. The number of rotatable bonds is 6. The minimum absolute atomic E-state index is 0.0145. The standard InChI is InChI=1S/C18H26N2OS/c1-15-9-12-20(13-10-15)14-11-19-18(21)8-5-16-3-6-17(22-2)7-4-16/h3-8,15H,9-14H2,1-2H3,(H,19,21)/b8-5+. The van der Waals surface area contributed by atoms with Crippen molar-refractivity contribution in [1.82, 2.24) is 10.2 Å². The molecule has 0 unspecified atom stereocenters. The van der Waals surface area contributed by atoms with Crippen molar-refractivity contribution in [2.75, 3.05) is 32.4 Å². The zero-order chi connectivity index (χ0) is 15.8. The van der Waals surface area contributed by atoms with Crippen molar-refractivity contribution in [2.24, 2.45) is 5.92 Å². The number of carbonyl (C=O) groups excluding carboxylic acids is 1. The van der Waals surface area contributed by atoms with Gasteiger partial charge in [0.15, 0.2) is 0 Å². The number of benzene rings is 1. The van der Waals surface area contributed by atoms with Crippen LogP contribution in [-0.2, 0) is 4.79 Å². The predicted molar refractivity (Wildman–Crippen MR) is 95.1 cm³/mol. The van der Waals surface area contributed by atoms with Crippen LogP contribution < -0.4 is 5.32 Å². The van der Waals surface area contributed by atoms with Crippen molar-refractivity contribution in [3.05, 3.63) is 35.9 Å². The van der Waals surface area contributed by atoms with Crippen LogP contribution in [0.4, 0.5) is 0 Å². The molecule has 0 aliphatic carbocycles. The number of likely N-dealkylation sites (tertiary alicyclic amines) is 1. The number of piperidine rings is 1. The van der Waals surface area contributed by atoms with Crippen LogP contribution >= 0.6 is 11.8 Å². The summed E-state index contributed by atoms with van der Waals surface area (Å²) in [5, 5.41) is 2.96. The van der Waals surface area contributed by atoms with Gasteiger partial charge in [0.05, 0.1) is 0 Å². The number of hydrogen-bond acceptors (Lipinski definition) is 3. The Morgan fingerprint density at radius 2 is 2.00 bits per heavy atom. The molecule has 0 radical (unpaired) electrons. The van der Waals surface area contributed by atoms with E-state index in [1.807, 2.05) is 18.2 Å². The maximum atomic E-state index is 11.8. The Morgan fingerprint density at radius 1 is 1.32 bits per heavy atom. The van der Waals surface area contributed by atoms with E-state index >= 15 is 0 Å². The molecule has 120 valence electrons. The fourth-order valence-electron chi connectivity index (χ4n) is 2.57. The van der Waals surface area contributed by atoms with Crippen LogP contribution in [0.2, 0.25) is 0 Å². The molecule has 1 aliphatic rings. The van der Waals surface area contributed by atoms with E-state index in [4.69, 9.17) is 0 Å². The zero-order valence-electron chi connectivity index (χ0n) is 13.5. The number of nitrogens with zero attached hydrogens (tertiary/aromatic N) is 1. The van der Waals surface area contributed by atoms with E-state index in [0.717, 1.165) is 37.7 Å². The van der Waals surface area contributed by atoms with Gasteiger partial charge in [-0.3, -0.25) is 4.79 Å². The maximum Gasteiger partial charge on any atom is 0.244 e. The monoisotopic (exact) mass is 318 g/mol. The lowest BCUT2D eigenvalue weighted by molar-refractivity contribution is -0.116. The van der Waals surface area contributed by atoms with Crippen LogP contribution in [0.1, 0.15) is 25.3 Å². The Morgan fingerprint density at radius 3 is 2.64 bits per heavy atom. The first-order valence-electron chi connectivity index (χ1n) is 7.99. The Balaban J connectivity index is 1.67. The quantitative estimate of drug-likeness (QED) is 0.645. The minimum atomic E-state index is -0.0145. The van der Waals surface area contributed by atoms with Crippen molar-refractivity contribution in [1.29, 1.82) is 0 Å². The van der Waals surface area contributed by atoms with Gasteiger partial charge in [0.25, 0.3) is 0 Å². The molecule has 2 rings (SSSR count). The summed E-state index contributed by atoms with van der Waals surface area (Å²) in [6.07, 6.45) is 8.09. The van der Waals surface area contributed by atoms with Crippen molar-refractivity contribution in [3.63, 3.8) is 0 Å². The molecule has 1 aromatic carbocycles. The number of hydrogen-bond donors (Lipinski definition) is 1. The van der Waals surface area contributed by atoms with Crippen LogP contribution in [-0.4, -0.2) is 43.2 Å². The second-order valence-corrected chi connectivity index (χ2v) is 6.80. The molecule has 1 saturated heterocycles. The number of amides is 1. The Kier molecular flexibility index (Phi) is 7.00. The van der Waals surface area contributed by atoms with Gasteiger partial charge in [-0.1, -0.05) is 19.1 Å². The van der Waals surface area contributed by atoms with Gasteiger partial charge in [-0.2, -0.15) is 0 Å². The number of thioether (sulfide) groups is 1. The van der Waals surface area contributed by atoms with Crippen LogP contribution in [0, 0.1) is 5.92 Å². The van der Waals surface area contributed by atoms with E-state index in [1.54, 1.807) is 17.8 Å². The van der Waals surface area contributed by atoms with Crippen molar-refractivity contribution in [2.45, 2.75) is 24.7 Å². The summed E-state index contributed by atoms with van der Waals surface area (Å²) in [5.41, 5.74) is 1.05. The van der Waals surface area contributed by atoms with Gasteiger partial charge in [-0.05, 0) is 61.9 Å². The Hall–Kier alpha value is -1.26. The predicted octanol–water partition coefficient (Wildman–Crippen LogP) is 3.27. The van der Waals surface area contributed by atoms with Gasteiger partial charge in [0, 0.05) is 24.1 Å². The van der Waals surface area contributed by atoms with E-state index in [0.29, 0.717) is 0 Å².